The Morgan fingerprint density at radius 2 is 1.45 bits per heavy atom. The van der Waals surface area contributed by atoms with Crippen LogP contribution in [-0.2, 0) is 16.4 Å². The van der Waals surface area contributed by atoms with E-state index in [0.29, 0.717) is 12.1 Å². The van der Waals surface area contributed by atoms with Gasteiger partial charge < -0.3 is 9.73 Å². The minimum atomic E-state index is -3.89. The Bertz CT molecular complexity index is 1300. The van der Waals surface area contributed by atoms with Crippen molar-refractivity contribution in [2.45, 2.75) is 23.4 Å². The van der Waals surface area contributed by atoms with Crippen molar-refractivity contribution in [3.8, 4) is 11.5 Å². The van der Waals surface area contributed by atoms with Crippen molar-refractivity contribution in [1.29, 1.82) is 0 Å². The summed E-state index contributed by atoms with van der Waals surface area (Å²) >= 11 is 6.73. The Morgan fingerprint density at radius 3 is 2.06 bits per heavy atom. The number of anilines is 1. The maximum absolute atomic E-state index is 13.3. The SMILES string of the molecule is Cc1ccc(CNc2oc(-c3ccc(Br)cc3)nc2S(=O)(=O)c2ccc(Br)cc2)cc1. The number of benzene rings is 3. The van der Waals surface area contributed by atoms with Gasteiger partial charge in [0.1, 0.15) is 0 Å². The first-order valence-corrected chi connectivity index (χ1v) is 12.5. The average Bonchev–Trinajstić information content (AvgIpc) is 3.19. The van der Waals surface area contributed by atoms with Crippen molar-refractivity contribution in [2.24, 2.45) is 0 Å². The number of nitrogens with zero attached hydrogens (tertiary/aromatic N) is 1. The number of nitrogens with one attached hydrogen (secondary N) is 1. The van der Waals surface area contributed by atoms with Gasteiger partial charge in [-0.2, -0.15) is 4.98 Å². The number of rotatable bonds is 6. The first-order chi connectivity index (χ1) is 14.8. The molecule has 4 aromatic rings. The molecule has 0 atom stereocenters. The second-order valence-corrected chi connectivity index (χ2v) is 10.7. The van der Waals surface area contributed by atoms with Crippen molar-refractivity contribution in [3.63, 3.8) is 0 Å². The highest BCUT2D eigenvalue weighted by atomic mass is 79.9. The molecule has 0 aliphatic rings. The van der Waals surface area contributed by atoms with Gasteiger partial charge in [-0.25, -0.2) is 8.42 Å². The first kappa shape index (κ1) is 21.8. The molecule has 3 aromatic carbocycles. The topological polar surface area (TPSA) is 72.2 Å². The number of hydrogen-bond donors (Lipinski definition) is 1. The second-order valence-electron chi connectivity index (χ2n) is 6.96. The van der Waals surface area contributed by atoms with E-state index in [0.717, 1.165) is 20.1 Å². The van der Waals surface area contributed by atoms with E-state index in [1.165, 1.54) is 12.1 Å². The minimum absolute atomic E-state index is 0.112. The van der Waals surface area contributed by atoms with Crippen LogP contribution >= 0.6 is 31.9 Å². The van der Waals surface area contributed by atoms with Crippen LogP contribution in [0.2, 0.25) is 0 Å². The maximum atomic E-state index is 13.3. The third-order valence-corrected chi connectivity index (χ3v) is 7.38. The molecule has 31 heavy (non-hydrogen) atoms. The molecule has 0 aliphatic heterocycles. The van der Waals surface area contributed by atoms with Crippen LogP contribution in [0.4, 0.5) is 5.88 Å². The molecular formula is C23H18Br2N2O3S. The van der Waals surface area contributed by atoms with E-state index >= 15 is 0 Å². The van der Waals surface area contributed by atoms with E-state index < -0.39 is 9.84 Å². The normalized spacial score (nSPS) is 11.5. The highest BCUT2D eigenvalue weighted by Gasteiger charge is 2.28. The largest absolute Gasteiger partial charge is 0.419 e. The zero-order chi connectivity index (χ0) is 22.0. The molecule has 0 saturated carbocycles. The smallest absolute Gasteiger partial charge is 0.234 e. The molecular weight excluding hydrogens is 544 g/mol. The quantitative estimate of drug-likeness (QED) is 0.286. The highest BCUT2D eigenvalue weighted by Crippen LogP contribution is 2.33. The van der Waals surface area contributed by atoms with Crippen LogP contribution in [0.25, 0.3) is 11.5 Å². The molecule has 4 rings (SSSR count). The lowest BCUT2D eigenvalue weighted by atomic mass is 10.1. The Balaban J connectivity index is 1.74. The number of sulfone groups is 1. The molecule has 0 saturated heterocycles. The zero-order valence-electron chi connectivity index (χ0n) is 16.5. The molecule has 1 N–H and O–H groups in total. The van der Waals surface area contributed by atoms with Crippen LogP contribution in [-0.4, -0.2) is 13.4 Å². The summed E-state index contributed by atoms with van der Waals surface area (Å²) in [5.74, 6) is 0.344. The lowest BCUT2D eigenvalue weighted by Gasteiger charge is -2.07. The van der Waals surface area contributed by atoms with E-state index in [1.54, 1.807) is 12.1 Å². The minimum Gasteiger partial charge on any atom is -0.419 e. The summed E-state index contributed by atoms with van der Waals surface area (Å²) in [5.41, 5.74) is 2.83. The zero-order valence-corrected chi connectivity index (χ0v) is 20.5. The van der Waals surface area contributed by atoms with Gasteiger partial charge in [0.2, 0.25) is 26.6 Å². The third-order valence-electron chi connectivity index (χ3n) is 4.64. The van der Waals surface area contributed by atoms with Gasteiger partial charge in [0.05, 0.1) is 4.90 Å². The summed E-state index contributed by atoms with van der Waals surface area (Å²) in [5, 5.41) is 2.97. The molecule has 0 aliphatic carbocycles. The lowest BCUT2D eigenvalue weighted by Crippen LogP contribution is -2.07. The van der Waals surface area contributed by atoms with Crippen molar-refractivity contribution < 1.29 is 12.8 Å². The molecule has 0 spiro atoms. The Kier molecular flexibility index (Phi) is 6.31. The van der Waals surface area contributed by atoms with E-state index in [4.69, 9.17) is 4.42 Å². The van der Waals surface area contributed by atoms with Crippen molar-refractivity contribution in [2.75, 3.05) is 5.32 Å². The van der Waals surface area contributed by atoms with Crippen LogP contribution in [0.5, 0.6) is 0 Å². The van der Waals surface area contributed by atoms with Gasteiger partial charge in [0, 0.05) is 21.1 Å². The number of hydrogen-bond acceptors (Lipinski definition) is 5. The Morgan fingerprint density at radius 1 is 0.871 bits per heavy atom. The van der Waals surface area contributed by atoms with Gasteiger partial charge in [-0.3, -0.25) is 0 Å². The molecule has 0 fully saturated rings. The molecule has 0 radical (unpaired) electrons. The van der Waals surface area contributed by atoms with Crippen molar-refractivity contribution >= 4 is 47.6 Å². The fourth-order valence-corrected chi connectivity index (χ4v) is 4.74. The van der Waals surface area contributed by atoms with Gasteiger partial charge in [-0.05, 0) is 61.0 Å². The monoisotopic (exact) mass is 560 g/mol. The predicted molar refractivity (Wildman–Crippen MR) is 128 cm³/mol. The maximum Gasteiger partial charge on any atom is 0.234 e. The van der Waals surface area contributed by atoms with E-state index in [1.807, 2.05) is 55.5 Å². The summed E-state index contributed by atoms with van der Waals surface area (Å²) in [6.45, 7) is 2.42. The lowest BCUT2D eigenvalue weighted by molar-refractivity contribution is 0.576. The molecule has 5 nitrogen and oxygen atoms in total. The average molecular weight is 562 g/mol. The van der Waals surface area contributed by atoms with E-state index in [9.17, 15) is 8.42 Å². The van der Waals surface area contributed by atoms with E-state index in [2.05, 4.69) is 42.2 Å². The number of halogens is 2. The van der Waals surface area contributed by atoms with Gasteiger partial charge in [-0.1, -0.05) is 61.7 Å². The number of oxazole rings is 1. The summed E-state index contributed by atoms with van der Waals surface area (Å²) in [7, 11) is -3.89. The van der Waals surface area contributed by atoms with Crippen LogP contribution in [0, 0.1) is 6.92 Å². The molecule has 0 bridgehead atoms. The highest BCUT2D eigenvalue weighted by molar-refractivity contribution is 9.10. The summed E-state index contributed by atoms with van der Waals surface area (Å²) in [4.78, 5) is 4.51. The predicted octanol–water partition coefficient (Wildman–Crippen LogP) is 6.62. The van der Waals surface area contributed by atoms with Crippen LogP contribution in [0.15, 0.2) is 96.1 Å². The number of aromatic nitrogens is 1. The standard InChI is InChI=1S/C23H18Br2N2O3S/c1-15-2-4-16(5-3-15)14-26-22-23(31(28,29)20-12-10-19(25)11-13-20)27-21(30-22)17-6-8-18(24)9-7-17/h2-13,26H,14H2,1H3. The van der Waals surface area contributed by atoms with E-state index in [-0.39, 0.29) is 21.7 Å². The van der Waals surface area contributed by atoms with Gasteiger partial charge in [0.15, 0.2) is 0 Å². The van der Waals surface area contributed by atoms with Crippen LogP contribution in [0.1, 0.15) is 11.1 Å². The number of aryl methyl sites for hydroxylation is 1. The Labute approximate surface area is 197 Å². The molecule has 1 aromatic heterocycles. The van der Waals surface area contributed by atoms with Gasteiger partial charge in [0.25, 0.3) is 0 Å². The molecule has 0 amide bonds. The molecule has 0 unspecified atom stereocenters. The Hall–Kier alpha value is -2.42. The molecule has 1 heterocycles. The summed E-state index contributed by atoms with van der Waals surface area (Å²) in [6.07, 6.45) is 0. The fraction of sp³-hybridized carbons (Fsp3) is 0.0870. The molecule has 158 valence electrons. The van der Waals surface area contributed by atoms with Crippen molar-refractivity contribution in [3.05, 3.63) is 92.9 Å². The second kappa shape index (κ2) is 8.98. The third kappa shape index (κ3) is 4.92. The van der Waals surface area contributed by atoms with Crippen molar-refractivity contribution in [1.82, 2.24) is 4.98 Å². The van der Waals surface area contributed by atoms with Gasteiger partial charge in [-0.15, -0.1) is 0 Å². The van der Waals surface area contributed by atoms with Crippen LogP contribution in [0.3, 0.4) is 0 Å². The summed E-state index contributed by atoms with van der Waals surface area (Å²) in [6, 6.07) is 21.7. The fourth-order valence-electron chi connectivity index (χ4n) is 2.93. The van der Waals surface area contributed by atoms with Crippen LogP contribution < -0.4 is 5.32 Å². The molecule has 8 heteroatoms. The first-order valence-electron chi connectivity index (χ1n) is 9.40. The summed E-state index contributed by atoms with van der Waals surface area (Å²) < 4.78 is 34.3. The van der Waals surface area contributed by atoms with Gasteiger partial charge >= 0.3 is 0 Å².